The standard InChI is InChI=1S/C24H28N2O/c1-17(2)16-20-11-13-21(14-12-20)19(4)24(27)25-26-18(3)10-15-23(26)22-8-6-5-7-9-22/h5-15,17,19H,16H2,1-4H3,(H,25,27). The summed E-state index contributed by atoms with van der Waals surface area (Å²) in [6.45, 7) is 8.38. The van der Waals surface area contributed by atoms with Crippen molar-refractivity contribution in [2.45, 2.75) is 40.0 Å². The van der Waals surface area contributed by atoms with Gasteiger partial charge in [-0.05, 0) is 49.4 Å². The maximum atomic E-state index is 12.9. The molecule has 0 saturated carbocycles. The molecule has 0 aliphatic heterocycles. The molecule has 2 aromatic carbocycles. The molecule has 1 atom stereocenters. The highest BCUT2D eigenvalue weighted by molar-refractivity contribution is 5.90. The van der Waals surface area contributed by atoms with Crippen LogP contribution in [0.15, 0.2) is 66.7 Å². The van der Waals surface area contributed by atoms with Crippen molar-refractivity contribution >= 4 is 5.91 Å². The maximum Gasteiger partial charge on any atom is 0.246 e. The van der Waals surface area contributed by atoms with Gasteiger partial charge in [0.2, 0.25) is 5.91 Å². The molecule has 3 nitrogen and oxygen atoms in total. The molecule has 1 unspecified atom stereocenters. The SMILES string of the molecule is Cc1ccc(-c2ccccc2)n1NC(=O)C(C)c1ccc(CC(C)C)cc1. The molecule has 27 heavy (non-hydrogen) atoms. The Kier molecular flexibility index (Phi) is 5.80. The largest absolute Gasteiger partial charge is 0.273 e. The second-order valence-corrected chi connectivity index (χ2v) is 7.60. The summed E-state index contributed by atoms with van der Waals surface area (Å²) in [7, 11) is 0. The number of benzene rings is 2. The van der Waals surface area contributed by atoms with Gasteiger partial charge in [-0.15, -0.1) is 0 Å². The van der Waals surface area contributed by atoms with Crippen LogP contribution in [0.5, 0.6) is 0 Å². The smallest absolute Gasteiger partial charge is 0.246 e. The van der Waals surface area contributed by atoms with Gasteiger partial charge in [0.15, 0.2) is 0 Å². The van der Waals surface area contributed by atoms with Crippen molar-refractivity contribution in [3.63, 3.8) is 0 Å². The van der Waals surface area contributed by atoms with Gasteiger partial charge in [-0.2, -0.15) is 0 Å². The lowest BCUT2D eigenvalue weighted by Gasteiger charge is -2.17. The fourth-order valence-electron chi connectivity index (χ4n) is 3.29. The zero-order valence-electron chi connectivity index (χ0n) is 16.6. The first-order valence-electron chi connectivity index (χ1n) is 9.59. The molecule has 1 N–H and O–H groups in total. The quantitative estimate of drug-likeness (QED) is 0.615. The monoisotopic (exact) mass is 360 g/mol. The highest BCUT2D eigenvalue weighted by Crippen LogP contribution is 2.23. The van der Waals surface area contributed by atoms with E-state index in [2.05, 4.69) is 43.5 Å². The molecule has 3 heteroatoms. The zero-order valence-corrected chi connectivity index (χ0v) is 16.6. The molecular formula is C24H28N2O. The molecule has 0 fully saturated rings. The minimum absolute atomic E-state index is 0.0110. The van der Waals surface area contributed by atoms with Crippen molar-refractivity contribution in [2.75, 3.05) is 5.43 Å². The molecule has 140 valence electrons. The molecule has 1 heterocycles. The first-order valence-corrected chi connectivity index (χ1v) is 9.59. The minimum atomic E-state index is -0.219. The Morgan fingerprint density at radius 1 is 0.926 bits per heavy atom. The van der Waals surface area contributed by atoms with E-state index in [0.717, 1.165) is 28.9 Å². The number of aryl methyl sites for hydroxylation is 1. The highest BCUT2D eigenvalue weighted by Gasteiger charge is 2.18. The molecule has 0 aliphatic rings. The minimum Gasteiger partial charge on any atom is -0.273 e. The normalized spacial score (nSPS) is 12.2. The van der Waals surface area contributed by atoms with Crippen LogP contribution in [0.4, 0.5) is 0 Å². The van der Waals surface area contributed by atoms with E-state index in [-0.39, 0.29) is 11.8 Å². The summed E-state index contributed by atoms with van der Waals surface area (Å²) in [6.07, 6.45) is 1.06. The molecule has 0 bridgehead atoms. The maximum absolute atomic E-state index is 12.9. The van der Waals surface area contributed by atoms with Gasteiger partial charge in [-0.25, -0.2) is 0 Å². The summed E-state index contributed by atoms with van der Waals surface area (Å²) >= 11 is 0. The molecule has 0 radical (unpaired) electrons. The van der Waals surface area contributed by atoms with Crippen LogP contribution < -0.4 is 5.43 Å². The number of aromatic nitrogens is 1. The van der Waals surface area contributed by atoms with E-state index in [1.807, 2.05) is 61.0 Å². The summed E-state index contributed by atoms with van der Waals surface area (Å²) in [4.78, 5) is 12.9. The Morgan fingerprint density at radius 3 is 2.22 bits per heavy atom. The Labute approximate surface area is 162 Å². The van der Waals surface area contributed by atoms with Gasteiger partial charge in [0, 0.05) is 11.3 Å². The van der Waals surface area contributed by atoms with E-state index in [0.29, 0.717) is 5.92 Å². The van der Waals surface area contributed by atoms with Crippen molar-refractivity contribution in [1.82, 2.24) is 4.68 Å². The summed E-state index contributed by atoms with van der Waals surface area (Å²) in [5.74, 6) is 0.399. The van der Waals surface area contributed by atoms with E-state index in [4.69, 9.17) is 0 Å². The van der Waals surface area contributed by atoms with Gasteiger partial charge in [-0.1, -0.05) is 68.4 Å². The van der Waals surface area contributed by atoms with Crippen molar-refractivity contribution in [2.24, 2.45) is 5.92 Å². The molecule has 3 rings (SSSR count). The van der Waals surface area contributed by atoms with Crippen LogP contribution in [0, 0.1) is 12.8 Å². The number of carbonyl (C=O) groups is 1. The third-order valence-corrected chi connectivity index (χ3v) is 4.88. The average Bonchev–Trinajstić information content (AvgIpc) is 3.02. The van der Waals surface area contributed by atoms with Crippen LogP contribution in [0.1, 0.15) is 43.5 Å². The average molecular weight is 361 g/mol. The lowest BCUT2D eigenvalue weighted by Crippen LogP contribution is -2.28. The number of hydrogen-bond donors (Lipinski definition) is 1. The number of amides is 1. The van der Waals surface area contributed by atoms with Gasteiger partial charge in [-0.3, -0.25) is 14.9 Å². The zero-order chi connectivity index (χ0) is 19.4. The lowest BCUT2D eigenvalue weighted by atomic mass is 9.96. The molecular weight excluding hydrogens is 332 g/mol. The van der Waals surface area contributed by atoms with Crippen LogP contribution >= 0.6 is 0 Å². The van der Waals surface area contributed by atoms with Gasteiger partial charge in [0.1, 0.15) is 0 Å². The van der Waals surface area contributed by atoms with Crippen LogP contribution in [-0.2, 0) is 11.2 Å². The van der Waals surface area contributed by atoms with Crippen molar-refractivity contribution in [3.8, 4) is 11.3 Å². The fourth-order valence-corrected chi connectivity index (χ4v) is 3.29. The van der Waals surface area contributed by atoms with Crippen LogP contribution in [0.3, 0.4) is 0 Å². The highest BCUT2D eigenvalue weighted by atomic mass is 16.2. The van der Waals surface area contributed by atoms with E-state index < -0.39 is 0 Å². The summed E-state index contributed by atoms with van der Waals surface area (Å²) in [6, 6.07) is 22.6. The third-order valence-electron chi connectivity index (χ3n) is 4.88. The second kappa shape index (κ2) is 8.26. The number of nitrogens with zero attached hydrogens (tertiary/aromatic N) is 1. The van der Waals surface area contributed by atoms with E-state index in [1.54, 1.807) is 0 Å². The van der Waals surface area contributed by atoms with E-state index in [1.165, 1.54) is 5.56 Å². The fraction of sp³-hybridized carbons (Fsp3) is 0.292. The van der Waals surface area contributed by atoms with E-state index >= 15 is 0 Å². The Hall–Kier alpha value is -2.81. The Bertz CT molecular complexity index is 892. The molecule has 0 saturated heterocycles. The Balaban J connectivity index is 1.77. The summed E-state index contributed by atoms with van der Waals surface area (Å²) < 4.78 is 1.88. The van der Waals surface area contributed by atoms with Gasteiger partial charge in [0.25, 0.3) is 0 Å². The van der Waals surface area contributed by atoms with E-state index in [9.17, 15) is 4.79 Å². The molecule has 1 aromatic heterocycles. The van der Waals surface area contributed by atoms with Crippen molar-refractivity contribution in [1.29, 1.82) is 0 Å². The molecule has 1 amide bonds. The number of nitrogens with one attached hydrogen (secondary N) is 1. The predicted molar refractivity (Wildman–Crippen MR) is 112 cm³/mol. The van der Waals surface area contributed by atoms with Crippen molar-refractivity contribution < 1.29 is 4.79 Å². The number of rotatable bonds is 6. The van der Waals surface area contributed by atoms with Crippen LogP contribution in [0.2, 0.25) is 0 Å². The van der Waals surface area contributed by atoms with Gasteiger partial charge < -0.3 is 0 Å². The van der Waals surface area contributed by atoms with Crippen LogP contribution in [0.25, 0.3) is 11.3 Å². The first kappa shape index (κ1) is 19.0. The predicted octanol–water partition coefficient (Wildman–Crippen LogP) is 5.54. The number of carbonyl (C=O) groups excluding carboxylic acids is 1. The third kappa shape index (κ3) is 4.48. The Morgan fingerprint density at radius 2 is 1.59 bits per heavy atom. The molecule has 3 aromatic rings. The number of hydrogen-bond acceptors (Lipinski definition) is 1. The lowest BCUT2D eigenvalue weighted by molar-refractivity contribution is -0.118. The molecule has 0 spiro atoms. The first-order chi connectivity index (χ1) is 13.0. The summed E-state index contributed by atoms with van der Waals surface area (Å²) in [5.41, 5.74) is 8.50. The second-order valence-electron chi connectivity index (χ2n) is 7.60. The van der Waals surface area contributed by atoms with Gasteiger partial charge >= 0.3 is 0 Å². The molecule has 0 aliphatic carbocycles. The van der Waals surface area contributed by atoms with Crippen molar-refractivity contribution in [3.05, 3.63) is 83.6 Å². The summed E-state index contributed by atoms with van der Waals surface area (Å²) in [5, 5.41) is 0. The van der Waals surface area contributed by atoms with Gasteiger partial charge in [0.05, 0.1) is 11.6 Å². The topological polar surface area (TPSA) is 34.0 Å². The van der Waals surface area contributed by atoms with Crippen LogP contribution in [-0.4, -0.2) is 10.6 Å².